The third kappa shape index (κ3) is 3.15. The van der Waals surface area contributed by atoms with E-state index in [1.165, 1.54) is 0 Å². The van der Waals surface area contributed by atoms with Crippen LogP contribution in [0.15, 0.2) is 28.8 Å². The molecule has 1 aliphatic heterocycles. The second-order valence-electron chi connectivity index (χ2n) is 7.28. The Balaban J connectivity index is 1.46. The van der Waals surface area contributed by atoms with Gasteiger partial charge in [-0.05, 0) is 37.0 Å². The van der Waals surface area contributed by atoms with Crippen LogP contribution in [0.1, 0.15) is 41.3 Å². The van der Waals surface area contributed by atoms with E-state index in [1.54, 1.807) is 36.1 Å². The van der Waals surface area contributed by atoms with Crippen LogP contribution in [0.3, 0.4) is 0 Å². The maximum atomic E-state index is 12.9. The smallest absolute Gasteiger partial charge is 0.311 e. The second-order valence-corrected chi connectivity index (χ2v) is 7.28. The van der Waals surface area contributed by atoms with Crippen molar-refractivity contribution in [2.45, 2.75) is 32.8 Å². The van der Waals surface area contributed by atoms with E-state index in [2.05, 4.69) is 10.1 Å². The first kappa shape index (κ1) is 17.5. The summed E-state index contributed by atoms with van der Waals surface area (Å²) in [6.45, 7) is 2.62. The summed E-state index contributed by atoms with van der Waals surface area (Å²) in [7, 11) is 0. The summed E-state index contributed by atoms with van der Waals surface area (Å²) in [5.41, 5.74) is -0.294. The number of carboxylic acid groups (broad SMARTS) is 1. The van der Waals surface area contributed by atoms with E-state index in [0.717, 1.165) is 12.8 Å². The molecule has 1 N–H and O–H groups in total. The zero-order valence-electron chi connectivity index (χ0n) is 15.1. The van der Waals surface area contributed by atoms with Gasteiger partial charge in [-0.3, -0.25) is 9.59 Å². The third-order valence-corrected chi connectivity index (χ3v) is 5.60. The molecule has 0 bridgehead atoms. The number of likely N-dealkylation sites (tertiary alicyclic amines) is 1. The molecule has 4 rings (SSSR count). The Morgan fingerprint density at radius 2 is 2.30 bits per heavy atom. The molecule has 2 atom stereocenters. The number of rotatable bonds is 5. The van der Waals surface area contributed by atoms with Crippen molar-refractivity contribution in [3.63, 3.8) is 0 Å². The summed E-state index contributed by atoms with van der Waals surface area (Å²) in [6, 6.07) is 6.88. The average molecular weight is 371 g/mol. The molecule has 8 nitrogen and oxygen atoms in total. The Hall–Kier alpha value is -2.90. The van der Waals surface area contributed by atoms with Gasteiger partial charge in [-0.2, -0.15) is 4.98 Å². The Morgan fingerprint density at radius 1 is 1.44 bits per heavy atom. The first-order valence-corrected chi connectivity index (χ1v) is 9.03. The fourth-order valence-corrected chi connectivity index (χ4v) is 4.24. The minimum Gasteiger partial charge on any atom is -0.485 e. The van der Waals surface area contributed by atoms with Gasteiger partial charge >= 0.3 is 5.97 Å². The summed E-state index contributed by atoms with van der Waals surface area (Å²) in [4.78, 5) is 30.5. The van der Waals surface area contributed by atoms with Crippen LogP contribution >= 0.6 is 0 Å². The van der Waals surface area contributed by atoms with Crippen molar-refractivity contribution in [3.05, 3.63) is 41.5 Å². The van der Waals surface area contributed by atoms with Crippen molar-refractivity contribution < 1.29 is 24.0 Å². The number of ether oxygens (including phenoxy) is 1. The number of carbonyl (C=O) groups excluding carboxylic acids is 1. The lowest BCUT2D eigenvalue weighted by atomic mass is 9.81. The Bertz CT molecular complexity index is 880. The van der Waals surface area contributed by atoms with Gasteiger partial charge in [0, 0.05) is 25.6 Å². The largest absolute Gasteiger partial charge is 0.485 e. The van der Waals surface area contributed by atoms with Crippen molar-refractivity contribution in [2.24, 2.45) is 11.3 Å². The molecule has 2 heterocycles. The number of amides is 1. The molecular weight excluding hydrogens is 350 g/mol. The summed E-state index contributed by atoms with van der Waals surface area (Å²) in [5.74, 6) is 0.513. The molecule has 8 heteroatoms. The molecule has 1 aromatic carbocycles. The molecule has 0 spiro atoms. The van der Waals surface area contributed by atoms with Crippen LogP contribution in [-0.2, 0) is 11.4 Å². The van der Waals surface area contributed by atoms with Crippen LogP contribution in [0.5, 0.6) is 5.75 Å². The standard InChI is InChI=1S/C19H21N3O5/c1-12-20-16(21-27-12)10-26-15-6-2-4-13(8-15)17(23)22-9-14-5-3-7-19(14,11-22)18(24)25/h2,4,6,8,14H,3,5,7,9-11H2,1H3,(H,24,25)/t14-,19+/m0/s1. The summed E-state index contributed by atoms with van der Waals surface area (Å²) >= 11 is 0. The fourth-order valence-electron chi connectivity index (χ4n) is 4.24. The lowest BCUT2D eigenvalue weighted by Crippen LogP contribution is -2.37. The highest BCUT2D eigenvalue weighted by Gasteiger charge is 2.55. The summed E-state index contributed by atoms with van der Waals surface area (Å²) in [6.07, 6.45) is 2.42. The quantitative estimate of drug-likeness (QED) is 0.859. The van der Waals surface area contributed by atoms with Crippen molar-refractivity contribution in [1.82, 2.24) is 15.0 Å². The molecule has 2 aliphatic rings. The van der Waals surface area contributed by atoms with Crippen LogP contribution in [0.25, 0.3) is 0 Å². The Morgan fingerprint density at radius 3 is 3.00 bits per heavy atom. The van der Waals surface area contributed by atoms with Gasteiger partial charge in [0.2, 0.25) is 11.7 Å². The van der Waals surface area contributed by atoms with Crippen molar-refractivity contribution >= 4 is 11.9 Å². The van der Waals surface area contributed by atoms with E-state index in [4.69, 9.17) is 9.26 Å². The zero-order valence-corrected chi connectivity index (χ0v) is 15.1. The molecule has 1 aromatic heterocycles. The number of hydrogen-bond donors (Lipinski definition) is 1. The number of aromatic nitrogens is 2. The monoisotopic (exact) mass is 371 g/mol. The first-order valence-electron chi connectivity index (χ1n) is 9.03. The van der Waals surface area contributed by atoms with Gasteiger partial charge < -0.3 is 19.3 Å². The Labute approximate surface area is 156 Å². The lowest BCUT2D eigenvalue weighted by Gasteiger charge is -2.23. The molecule has 2 aromatic rings. The minimum absolute atomic E-state index is 0.0415. The van der Waals surface area contributed by atoms with Gasteiger partial charge in [-0.1, -0.05) is 17.6 Å². The van der Waals surface area contributed by atoms with Gasteiger partial charge in [0.15, 0.2) is 6.61 Å². The van der Waals surface area contributed by atoms with Crippen molar-refractivity contribution in [3.8, 4) is 5.75 Å². The van der Waals surface area contributed by atoms with Crippen LogP contribution in [0.4, 0.5) is 0 Å². The molecule has 1 amide bonds. The number of aliphatic carboxylic acids is 1. The predicted octanol–water partition coefficient (Wildman–Crippen LogP) is 2.28. The molecule has 1 aliphatic carbocycles. The molecule has 0 radical (unpaired) electrons. The van der Waals surface area contributed by atoms with E-state index in [9.17, 15) is 14.7 Å². The van der Waals surface area contributed by atoms with Crippen molar-refractivity contribution in [2.75, 3.05) is 13.1 Å². The van der Waals surface area contributed by atoms with Gasteiger partial charge in [0.25, 0.3) is 5.91 Å². The number of benzene rings is 1. The van der Waals surface area contributed by atoms with Gasteiger partial charge in [-0.25, -0.2) is 0 Å². The van der Waals surface area contributed by atoms with Crippen LogP contribution < -0.4 is 4.74 Å². The number of nitrogens with zero attached hydrogens (tertiary/aromatic N) is 3. The van der Waals surface area contributed by atoms with Crippen LogP contribution in [-0.4, -0.2) is 45.1 Å². The molecule has 0 unspecified atom stereocenters. The summed E-state index contributed by atoms with van der Waals surface area (Å²) < 4.78 is 10.5. The molecule has 1 saturated heterocycles. The number of aryl methyl sites for hydroxylation is 1. The minimum atomic E-state index is -0.784. The Kier molecular flexibility index (Phi) is 4.33. The highest BCUT2D eigenvalue weighted by atomic mass is 16.5. The topological polar surface area (TPSA) is 106 Å². The van der Waals surface area contributed by atoms with Crippen molar-refractivity contribution in [1.29, 1.82) is 0 Å². The van der Waals surface area contributed by atoms with E-state index in [0.29, 0.717) is 36.0 Å². The molecule has 2 fully saturated rings. The van der Waals surface area contributed by atoms with E-state index >= 15 is 0 Å². The average Bonchev–Trinajstić information content (AvgIpc) is 3.33. The summed E-state index contributed by atoms with van der Waals surface area (Å²) in [5, 5.41) is 13.5. The maximum Gasteiger partial charge on any atom is 0.311 e. The molecule has 27 heavy (non-hydrogen) atoms. The van der Waals surface area contributed by atoms with Gasteiger partial charge in [0.05, 0.1) is 5.41 Å². The second kappa shape index (κ2) is 6.68. The zero-order chi connectivity index (χ0) is 19.0. The van der Waals surface area contributed by atoms with E-state index in [-0.39, 0.29) is 25.0 Å². The third-order valence-electron chi connectivity index (χ3n) is 5.60. The van der Waals surface area contributed by atoms with Crippen LogP contribution in [0.2, 0.25) is 0 Å². The molecular formula is C19H21N3O5. The van der Waals surface area contributed by atoms with Crippen LogP contribution in [0, 0.1) is 18.3 Å². The molecule has 142 valence electrons. The first-order chi connectivity index (χ1) is 13.0. The number of carboxylic acids is 1. The normalized spacial score (nSPS) is 24.0. The van der Waals surface area contributed by atoms with E-state index in [1.807, 2.05) is 0 Å². The van der Waals surface area contributed by atoms with E-state index < -0.39 is 11.4 Å². The number of fused-ring (bicyclic) bond motifs is 1. The maximum absolute atomic E-state index is 12.9. The SMILES string of the molecule is Cc1nc(COc2cccc(C(=O)N3C[C@@H]4CCC[C@@]4(C(=O)O)C3)c2)no1. The van der Waals surface area contributed by atoms with Gasteiger partial charge in [0.1, 0.15) is 5.75 Å². The lowest BCUT2D eigenvalue weighted by molar-refractivity contribution is -0.149. The molecule has 1 saturated carbocycles. The van der Waals surface area contributed by atoms with Gasteiger partial charge in [-0.15, -0.1) is 0 Å². The number of carbonyl (C=O) groups is 2. The highest BCUT2D eigenvalue weighted by Crippen LogP contribution is 2.49. The fraction of sp³-hybridized carbons (Fsp3) is 0.474. The number of hydrogen-bond acceptors (Lipinski definition) is 6. The predicted molar refractivity (Wildman–Crippen MR) is 93.1 cm³/mol. The highest BCUT2D eigenvalue weighted by molar-refractivity contribution is 5.95.